The van der Waals surface area contributed by atoms with Crippen molar-refractivity contribution >= 4 is 23.4 Å². The lowest BCUT2D eigenvalue weighted by Crippen LogP contribution is -2.39. The first-order valence-corrected chi connectivity index (χ1v) is 8.76. The molecule has 0 aromatic heterocycles. The number of hydrogen-bond donors (Lipinski definition) is 2. The van der Waals surface area contributed by atoms with Crippen molar-refractivity contribution in [3.63, 3.8) is 0 Å². The first-order valence-electron chi connectivity index (χ1n) is 7.71. The van der Waals surface area contributed by atoms with Crippen molar-refractivity contribution < 1.29 is 9.53 Å². The van der Waals surface area contributed by atoms with Gasteiger partial charge in [0.05, 0.1) is 11.3 Å². The molecule has 0 radical (unpaired) electrons. The fourth-order valence-electron chi connectivity index (χ4n) is 3.10. The monoisotopic (exact) mass is 306 g/mol. The number of ether oxygens (including phenoxy) is 1. The summed E-state index contributed by atoms with van der Waals surface area (Å²) in [6, 6.07) is 5.99. The summed E-state index contributed by atoms with van der Waals surface area (Å²) in [5, 5.41) is 7.04. The number of thioether (sulfide) groups is 1. The van der Waals surface area contributed by atoms with E-state index in [-0.39, 0.29) is 11.9 Å². The lowest BCUT2D eigenvalue weighted by atomic mass is 10.1. The Bertz CT molecular complexity index is 521. The molecule has 1 aliphatic heterocycles. The molecule has 1 heterocycles. The van der Waals surface area contributed by atoms with Crippen molar-refractivity contribution in [1.82, 2.24) is 5.32 Å². The molecule has 0 bridgehead atoms. The summed E-state index contributed by atoms with van der Waals surface area (Å²) in [6.45, 7) is 3.57. The van der Waals surface area contributed by atoms with Crippen LogP contribution in [0.5, 0.6) is 5.75 Å². The van der Waals surface area contributed by atoms with E-state index in [9.17, 15) is 4.79 Å². The van der Waals surface area contributed by atoms with Crippen LogP contribution in [-0.2, 0) is 0 Å². The summed E-state index contributed by atoms with van der Waals surface area (Å²) >= 11 is 1.95. The molecule has 1 aromatic carbocycles. The molecule has 0 spiro atoms. The molecule has 5 heteroatoms. The molecule has 1 aromatic rings. The van der Waals surface area contributed by atoms with E-state index in [1.165, 1.54) is 12.8 Å². The first kappa shape index (κ1) is 14.6. The molecule has 0 saturated heterocycles. The number of rotatable bonds is 4. The van der Waals surface area contributed by atoms with E-state index in [4.69, 9.17) is 4.74 Å². The molecule has 4 nitrogen and oxygen atoms in total. The number of benzene rings is 1. The van der Waals surface area contributed by atoms with Gasteiger partial charge in [-0.25, -0.2) is 0 Å². The molecule has 21 heavy (non-hydrogen) atoms. The predicted octanol–water partition coefficient (Wildman–Crippen LogP) is 2.89. The molecule has 1 fully saturated rings. The average molecular weight is 306 g/mol. The number of para-hydroxylation sites is 1. The summed E-state index contributed by atoms with van der Waals surface area (Å²) in [6.07, 6.45) is 3.49. The predicted molar refractivity (Wildman–Crippen MR) is 87.5 cm³/mol. The largest absolute Gasteiger partial charge is 0.489 e. The lowest BCUT2D eigenvalue weighted by Gasteiger charge is -2.24. The highest BCUT2D eigenvalue weighted by atomic mass is 32.2. The first-order chi connectivity index (χ1) is 10.3. The Hall–Kier alpha value is -1.36. The van der Waals surface area contributed by atoms with Gasteiger partial charge in [-0.05, 0) is 30.7 Å². The van der Waals surface area contributed by atoms with Gasteiger partial charge in [-0.15, -0.1) is 0 Å². The number of amides is 1. The van der Waals surface area contributed by atoms with E-state index in [2.05, 4.69) is 17.6 Å². The van der Waals surface area contributed by atoms with Crippen molar-refractivity contribution in [3.8, 4) is 5.75 Å². The zero-order chi connectivity index (χ0) is 14.7. The van der Waals surface area contributed by atoms with Gasteiger partial charge in [0.1, 0.15) is 6.61 Å². The second-order valence-electron chi connectivity index (χ2n) is 5.46. The van der Waals surface area contributed by atoms with Crippen LogP contribution in [-0.4, -0.2) is 36.1 Å². The van der Waals surface area contributed by atoms with E-state index in [0.29, 0.717) is 23.2 Å². The van der Waals surface area contributed by atoms with Crippen LogP contribution in [0.15, 0.2) is 18.2 Å². The molecule has 2 N–H and O–H groups in total. The van der Waals surface area contributed by atoms with Crippen LogP contribution in [0.3, 0.4) is 0 Å². The van der Waals surface area contributed by atoms with Crippen LogP contribution in [0.1, 0.15) is 36.5 Å². The van der Waals surface area contributed by atoms with Crippen LogP contribution in [0.4, 0.5) is 5.69 Å². The zero-order valence-electron chi connectivity index (χ0n) is 12.4. The maximum Gasteiger partial charge on any atom is 0.255 e. The van der Waals surface area contributed by atoms with Crippen LogP contribution in [0.25, 0.3) is 0 Å². The number of nitrogens with one attached hydrogen (secondary N) is 2. The van der Waals surface area contributed by atoms with Crippen molar-refractivity contribution in [1.29, 1.82) is 0 Å². The van der Waals surface area contributed by atoms with Gasteiger partial charge < -0.3 is 15.4 Å². The maximum absolute atomic E-state index is 12.6. The topological polar surface area (TPSA) is 50.4 Å². The molecular weight excluding hydrogens is 284 g/mol. The number of carbonyl (C=O) groups excluding carboxylic acids is 1. The Morgan fingerprint density at radius 2 is 2.38 bits per heavy atom. The van der Waals surface area contributed by atoms with Gasteiger partial charge in [0.25, 0.3) is 5.91 Å². The summed E-state index contributed by atoms with van der Waals surface area (Å²) < 4.78 is 5.69. The summed E-state index contributed by atoms with van der Waals surface area (Å²) in [7, 11) is 0. The smallest absolute Gasteiger partial charge is 0.255 e. The van der Waals surface area contributed by atoms with Crippen LogP contribution in [0.2, 0.25) is 0 Å². The number of fused-ring (bicyclic) bond motifs is 1. The third-order valence-corrected chi connectivity index (χ3v) is 5.40. The minimum atomic E-state index is -0.0100. The van der Waals surface area contributed by atoms with Crippen molar-refractivity contribution in [2.45, 2.75) is 37.5 Å². The van der Waals surface area contributed by atoms with Crippen LogP contribution in [0, 0.1) is 0 Å². The molecule has 1 saturated carbocycles. The lowest BCUT2D eigenvalue weighted by molar-refractivity contribution is 0.0934. The molecule has 3 rings (SSSR count). The minimum Gasteiger partial charge on any atom is -0.489 e. The minimum absolute atomic E-state index is 0.0100. The molecule has 1 amide bonds. The zero-order valence-corrected chi connectivity index (χ0v) is 13.2. The normalized spacial score (nSPS) is 23.9. The van der Waals surface area contributed by atoms with Gasteiger partial charge in [0, 0.05) is 17.8 Å². The Labute approximate surface area is 130 Å². The van der Waals surface area contributed by atoms with Gasteiger partial charge in [0.15, 0.2) is 5.75 Å². The van der Waals surface area contributed by atoms with Gasteiger partial charge >= 0.3 is 0 Å². The molecule has 2 unspecified atom stereocenters. The number of anilines is 1. The maximum atomic E-state index is 12.6. The van der Waals surface area contributed by atoms with E-state index < -0.39 is 0 Å². The fourth-order valence-corrected chi connectivity index (χ4v) is 4.30. The average Bonchev–Trinajstić information content (AvgIpc) is 2.94. The Morgan fingerprint density at radius 1 is 1.48 bits per heavy atom. The van der Waals surface area contributed by atoms with Crippen molar-refractivity contribution in [2.24, 2.45) is 0 Å². The fraction of sp³-hybridized carbons (Fsp3) is 0.562. The Balaban J connectivity index is 1.74. The highest BCUT2D eigenvalue weighted by Crippen LogP contribution is 2.33. The quantitative estimate of drug-likeness (QED) is 0.898. The van der Waals surface area contributed by atoms with Crippen molar-refractivity contribution in [3.05, 3.63) is 23.8 Å². The van der Waals surface area contributed by atoms with Crippen molar-refractivity contribution in [2.75, 3.05) is 24.2 Å². The third-order valence-electron chi connectivity index (χ3n) is 4.07. The highest BCUT2D eigenvalue weighted by Gasteiger charge is 2.29. The van der Waals surface area contributed by atoms with Crippen LogP contribution < -0.4 is 15.4 Å². The Kier molecular flexibility index (Phi) is 4.58. The molecule has 1 aliphatic carbocycles. The number of hydrogen-bond acceptors (Lipinski definition) is 4. The summed E-state index contributed by atoms with van der Waals surface area (Å²) in [4.78, 5) is 12.6. The molecular formula is C16H22N2O2S. The van der Waals surface area contributed by atoms with E-state index in [0.717, 1.165) is 24.4 Å². The van der Waals surface area contributed by atoms with E-state index >= 15 is 0 Å². The van der Waals surface area contributed by atoms with E-state index in [1.54, 1.807) is 0 Å². The summed E-state index contributed by atoms with van der Waals surface area (Å²) in [5.41, 5.74) is 1.56. The molecule has 2 aliphatic rings. The SMILES string of the molecule is CCSC1CCCC1NC(=O)c1cccc2c1OCCN2. The van der Waals surface area contributed by atoms with Gasteiger partial charge in [-0.1, -0.05) is 19.4 Å². The second kappa shape index (κ2) is 6.60. The van der Waals surface area contributed by atoms with Crippen LogP contribution >= 0.6 is 11.8 Å². The second-order valence-corrected chi connectivity index (χ2v) is 6.98. The van der Waals surface area contributed by atoms with Gasteiger partial charge in [-0.3, -0.25) is 4.79 Å². The number of carbonyl (C=O) groups is 1. The molecule has 114 valence electrons. The van der Waals surface area contributed by atoms with E-state index in [1.807, 2.05) is 30.0 Å². The highest BCUT2D eigenvalue weighted by molar-refractivity contribution is 7.99. The summed E-state index contributed by atoms with van der Waals surface area (Å²) in [5.74, 6) is 1.79. The standard InChI is InChI=1S/C16H22N2O2S/c1-2-21-14-8-4-6-12(14)18-16(19)11-5-3-7-13-15(11)20-10-9-17-13/h3,5,7,12,14,17H,2,4,6,8-10H2,1H3,(H,18,19). The van der Waals surface area contributed by atoms with Gasteiger partial charge in [-0.2, -0.15) is 11.8 Å². The Morgan fingerprint density at radius 3 is 3.24 bits per heavy atom. The third kappa shape index (κ3) is 3.12. The molecule has 2 atom stereocenters. The van der Waals surface area contributed by atoms with Gasteiger partial charge in [0.2, 0.25) is 0 Å².